The number of hydrogen-bond acceptors (Lipinski definition) is 6. The zero-order chi connectivity index (χ0) is 19.4. The molecule has 0 amide bonds. The van der Waals surface area contributed by atoms with Gasteiger partial charge in [-0.05, 0) is 25.3 Å². The van der Waals surface area contributed by atoms with E-state index in [1.54, 1.807) is 4.90 Å². The van der Waals surface area contributed by atoms with Crippen molar-refractivity contribution in [2.45, 2.75) is 32.0 Å². The molecule has 1 aromatic heterocycles. The van der Waals surface area contributed by atoms with Crippen molar-refractivity contribution in [3.8, 4) is 5.88 Å². The summed E-state index contributed by atoms with van der Waals surface area (Å²) >= 11 is 0. The Morgan fingerprint density at radius 1 is 1.15 bits per heavy atom. The lowest BCUT2D eigenvalue weighted by Gasteiger charge is -2.27. The van der Waals surface area contributed by atoms with Gasteiger partial charge < -0.3 is 9.64 Å². The van der Waals surface area contributed by atoms with E-state index < -0.39 is 29.0 Å². The average molecular weight is 382 g/mol. The van der Waals surface area contributed by atoms with E-state index >= 15 is 0 Å². The Morgan fingerprint density at radius 3 is 2.52 bits per heavy atom. The number of nitrogens with zero attached hydrogens (tertiary/aromatic N) is 4. The standard InChI is InChI=1S/C17H17F3N4O3/c18-17(19,20)13-7-3-2-6-12(13)10-27-16-14(24(25)26)15(21-11-22-16)23-8-4-1-5-9-23/h2-3,6-7,11H,1,4-5,8-10H2. The quantitative estimate of drug-likeness (QED) is 0.575. The van der Waals surface area contributed by atoms with Crippen LogP contribution < -0.4 is 9.64 Å². The maximum absolute atomic E-state index is 13.1. The molecule has 10 heteroatoms. The van der Waals surface area contributed by atoms with Crippen LogP contribution in [0.15, 0.2) is 30.6 Å². The Hall–Kier alpha value is -2.91. The molecule has 2 aromatic rings. The fourth-order valence-electron chi connectivity index (χ4n) is 3.03. The van der Waals surface area contributed by atoms with Crippen LogP contribution in [0.1, 0.15) is 30.4 Å². The molecule has 0 spiro atoms. The molecule has 1 aromatic carbocycles. The lowest BCUT2D eigenvalue weighted by atomic mass is 10.1. The van der Waals surface area contributed by atoms with Gasteiger partial charge in [0, 0.05) is 18.7 Å². The zero-order valence-corrected chi connectivity index (χ0v) is 14.3. The summed E-state index contributed by atoms with van der Waals surface area (Å²) in [6.07, 6.45) is -0.613. The van der Waals surface area contributed by atoms with Crippen LogP contribution in [0.4, 0.5) is 24.7 Å². The molecule has 27 heavy (non-hydrogen) atoms. The molecular weight excluding hydrogens is 365 g/mol. The highest BCUT2D eigenvalue weighted by Gasteiger charge is 2.34. The van der Waals surface area contributed by atoms with Crippen LogP contribution in [0.2, 0.25) is 0 Å². The van der Waals surface area contributed by atoms with E-state index in [-0.39, 0.29) is 17.3 Å². The minimum absolute atomic E-state index is 0.127. The highest BCUT2D eigenvalue weighted by Crippen LogP contribution is 2.36. The first-order valence-corrected chi connectivity index (χ1v) is 8.40. The van der Waals surface area contributed by atoms with Gasteiger partial charge in [-0.25, -0.2) is 4.98 Å². The number of aromatic nitrogens is 2. The smallest absolute Gasteiger partial charge is 0.416 e. The van der Waals surface area contributed by atoms with Crippen LogP contribution in [0, 0.1) is 10.1 Å². The molecule has 0 N–H and O–H groups in total. The molecule has 0 radical (unpaired) electrons. The maximum Gasteiger partial charge on any atom is 0.416 e. The van der Waals surface area contributed by atoms with Gasteiger partial charge in [0.15, 0.2) is 0 Å². The Morgan fingerprint density at radius 2 is 1.85 bits per heavy atom. The Labute approximate surface area is 152 Å². The van der Waals surface area contributed by atoms with Gasteiger partial charge in [-0.3, -0.25) is 10.1 Å². The molecule has 1 aliphatic heterocycles. The van der Waals surface area contributed by atoms with Crippen molar-refractivity contribution in [3.05, 3.63) is 51.8 Å². The predicted molar refractivity (Wildman–Crippen MR) is 90.5 cm³/mol. The van der Waals surface area contributed by atoms with E-state index in [1.807, 2.05) is 0 Å². The van der Waals surface area contributed by atoms with Gasteiger partial charge in [0.05, 0.1) is 10.5 Å². The Kier molecular flexibility index (Phi) is 5.43. The molecule has 1 fully saturated rings. The van der Waals surface area contributed by atoms with Gasteiger partial charge in [-0.2, -0.15) is 18.2 Å². The number of nitro groups is 1. The first-order chi connectivity index (χ1) is 12.9. The van der Waals surface area contributed by atoms with Crippen LogP contribution in [-0.4, -0.2) is 28.0 Å². The number of rotatable bonds is 5. The molecule has 0 atom stereocenters. The first kappa shape index (κ1) is 18.9. The van der Waals surface area contributed by atoms with E-state index in [9.17, 15) is 23.3 Å². The van der Waals surface area contributed by atoms with Gasteiger partial charge >= 0.3 is 11.9 Å². The second-order valence-electron chi connectivity index (χ2n) is 6.10. The molecule has 3 rings (SSSR count). The fraction of sp³-hybridized carbons (Fsp3) is 0.412. The molecule has 0 saturated carbocycles. The molecular formula is C17H17F3N4O3. The van der Waals surface area contributed by atoms with E-state index in [1.165, 1.54) is 18.2 Å². The van der Waals surface area contributed by atoms with Crippen molar-refractivity contribution in [2.24, 2.45) is 0 Å². The average Bonchev–Trinajstić information content (AvgIpc) is 2.66. The summed E-state index contributed by atoms with van der Waals surface area (Å²) in [7, 11) is 0. The fourth-order valence-corrected chi connectivity index (χ4v) is 3.03. The number of halogens is 3. The van der Waals surface area contributed by atoms with Crippen molar-refractivity contribution in [1.29, 1.82) is 0 Å². The number of anilines is 1. The van der Waals surface area contributed by atoms with E-state index in [2.05, 4.69) is 9.97 Å². The van der Waals surface area contributed by atoms with Crippen LogP contribution in [0.3, 0.4) is 0 Å². The van der Waals surface area contributed by atoms with Crippen LogP contribution in [0.5, 0.6) is 5.88 Å². The van der Waals surface area contributed by atoms with Gasteiger partial charge in [-0.15, -0.1) is 0 Å². The highest BCUT2D eigenvalue weighted by atomic mass is 19.4. The molecule has 0 aliphatic carbocycles. The summed E-state index contributed by atoms with van der Waals surface area (Å²) in [6.45, 7) is 0.745. The Balaban J connectivity index is 1.89. The highest BCUT2D eigenvalue weighted by molar-refractivity contribution is 5.62. The molecule has 1 saturated heterocycles. The second kappa shape index (κ2) is 7.77. The molecule has 7 nitrogen and oxygen atoms in total. The lowest BCUT2D eigenvalue weighted by molar-refractivity contribution is -0.385. The van der Waals surface area contributed by atoms with E-state index in [0.29, 0.717) is 13.1 Å². The zero-order valence-electron chi connectivity index (χ0n) is 14.3. The third-order valence-corrected chi connectivity index (χ3v) is 4.29. The number of ether oxygens (including phenoxy) is 1. The number of hydrogen-bond donors (Lipinski definition) is 0. The summed E-state index contributed by atoms with van der Waals surface area (Å²) in [5.74, 6) is -0.207. The monoisotopic (exact) mass is 382 g/mol. The number of alkyl halides is 3. The van der Waals surface area contributed by atoms with Crippen molar-refractivity contribution in [2.75, 3.05) is 18.0 Å². The van der Waals surface area contributed by atoms with Crippen molar-refractivity contribution in [1.82, 2.24) is 9.97 Å². The summed E-state index contributed by atoms with van der Waals surface area (Å²) in [6, 6.07) is 4.92. The van der Waals surface area contributed by atoms with Gasteiger partial charge in [-0.1, -0.05) is 18.2 Å². The Bertz CT molecular complexity index is 823. The van der Waals surface area contributed by atoms with Crippen LogP contribution >= 0.6 is 0 Å². The molecule has 2 heterocycles. The minimum Gasteiger partial charge on any atom is -0.468 e. The summed E-state index contributed by atoms with van der Waals surface area (Å²) in [4.78, 5) is 20.5. The van der Waals surface area contributed by atoms with Crippen molar-refractivity contribution < 1.29 is 22.8 Å². The van der Waals surface area contributed by atoms with Crippen LogP contribution in [0.25, 0.3) is 0 Å². The van der Waals surface area contributed by atoms with E-state index in [0.717, 1.165) is 31.7 Å². The molecule has 0 unspecified atom stereocenters. The summed E-state index contributed by atoms with van der Waals surface area (Å²) < 4.78 is 44.6. The second-order valence-corrected chi connectivity index (χ2v) is 6.10. The van der Waals surface area contributed by atoms with Gasteiger partial charge in [0.1, 0.15) is 12.9 Å². The van der Waals surface area contributed by atoms with E-state index in [4.69, 9.17) is 4.74 Å². The topological polar surface area (TPSA) is 81.4 Å². The molecule has 1 aliphatic rings. The summed E-state index contributed by atoms with van der Waals surface area (Å²) in [5.41, 5.74) is -1.40. The maximum atomic E-state index is 13.1. The van der Waals surface area contributed by atoms with Gasteiger partial charge in [0.25, 0.3) is 5.88 Å². The lowest BCUT2D eigenvalue weighted by Crippen LogP contribution is -2.31. The molecule has 0 bridgehead atoms. The third-order valence-electron chi connectivity index (χ3n) is 4.29. The number of benzene rings is 1. The normalized spacial score (nSPS) is 14.9. The van der Waals surface area contributed by atoms with Crippen molar-refractivity contribution in [3.63, 3.8) is 0 Å². The SMILES string of the molecule is O=[N+]([O-])c1c(OCc2ccccc2C(F)(F)F)ncnc1N1CCCCC1. The summed E-state index contributed by atoms with van der Waals surface area (Å²) in [5, 5.41) is 11.6. The van der Waals surface area contributed by atoms with Crippen LogP contribution in [-0.2, 0) is 12.8 Å². The third kappa shape index (κ3) is 4.26. The first-order valence-electron chi connectivity index (χ1n) is 8.40. The van der Waals surface area contributed by atoms with Crippen molar-refractivity contribution >= 4 is 11.5 Å². The predicted octanol–water partition coefficient (Wildman–Crippen LogP) is 3.97. The minimum atomic E-state index is -4.55. The van der Waals surface area contributed by atoms with Gasteiger partial charge in [0.2, 0.25) is 5.82 Å². The largest absolute Gasteiger partial charge is 0.468 e. The number of piperidine rings is 1. The molecule has 144 valence electrons.